The number of allylic oxidation sites excluding steroid dienone is 2. The molecule has 0 bridgehead atoms. The fraction of sp³-hybridized carbons (Fsp3) is 0.371. The van der Waals surface area contributed by atoms with Crippen molar-refractivity contribution >= 4 is 5.91 Å². The molecule has 1 amide bonds. The van der Waals surface area contributed by atoms with Gasteiger partial charge in [0.2, 0.25) is 0 Å². The van der Waals surface area contributed by atoms with Gasteiger partial charge in [-0.25, -0.2) is 0 Å². The van der Waals surface area contributed by atoms with Crippen molar-refractivity contribution in [3.8, 4) is 28.4 Å². The number of nitrogens with zero attached hydrogens (tertiary/aromatic N) is 2. The lowest BCUT2D eigenvalue weighted by atomic mass is 9.92. The van der Waals surface area contributed by atoms with Crippen molar-refractivity contribution in [1.29, 1.82) is 0 Å². The number of rotatable bonds is 10. The first-order valence-corrected chi connectivity index (χ1v) is 15.1. The van der Waals surface area contributed by atoms with Crippen LogP contribution in [0.25, 0.3) is 11.1 Å². The van der Waals surface area contributed by atoms with Crippen molar-refractivity contribution in [3.05, 3.63) is 99.5 Å². The predicted molar refractivity (Wildman–Crippen MR) is 169 cm³/mol. The number of aromatic nitrogens is 1. The van der Waals surface area contributed by atoms with Gasteiger partial charge in [0.25, 0.3) is 11.5 Å². The van der Waals surface area contributed by atoms with Gasteiger partial charge in [-0.2, -0.15) is 0 Å². The first-order valence-electron chi connectivity index (χ1n) is 15.1. The zero-order chi connectivity index (χ0) is 30.3. The topological polar surface area (TPSA) is 95.1 Å². The molecule has 2 heterocycles. The van der Waals surface area contributed by atoms with E-state index in [9.17, 15) is 14.7 Å². The molecule has 8 nitrogen and oxygen atoms in total. The maximum atomic E-state index is 13.9. The van der Waals surface area contributed by atoms with Crippen molar-refractivity contribution < 1.29 is 19.4 Å². The number of hydrogen-bond donors (Lipinski definition) is 2. The molecular formula is C35H41N3O5. The van der Waals surface area contributed by atoms with Gasteiger partial charge in [0.15, 0.2) is 0 Å². The summed E-state index contributed by atoms with van der Waals surface area (Å²) in [4.78, 5) is 34.4. The largest absolute Gasteiger partial charge is 0.506 e. The second-order valence-corrected chi connectivity index (χ2v) is 11.0. The zero-order valence-corrected chi connectivity index (χ0v) is 25.3. The monoisotopic (exact) mass is 583 g/mol. The number of carbonyl (C=O) groups excluding carboxylic acids is 1. The van der Waals surface area contributed by atoms with Crippen LogP contribution in [0.15, 0.2) is 77.1 Å². The Balaban J connectivity index is 1.47. The predicted octanol–water partition coefficient (Wildman–Crippen LogP) is 5.88. The highest BCUT2D eigenvalue weighted by atomic mass is 16.5. The number of benzene rings is 2. The minimum atomic E-state index is -0.590. The Bertz CT molecular complexity index is 1530. The Kier molecular flexibility index (Phi) is 9.67. The SMILES string of the molecule is CCCCc1[nH]c(=O)c(C(=O)N2CCN(C(C3=CCCC=C3)c3ccccc3)CC2)c(O)c1-c1c(OC)cccc1OC. The molecule has 43 heavy (non-hydrogen) atoms. The van der Waals surface area contributed by atoms with Crippen LogP contribution < -0.4 is 15.0 Å². The molecule has 5 rings (SSSR count). The number of carbonyl (C=O) groups is 1. The summed E-state index contributed by atoms with van der Waals surface area (Å²) >= 11 is 0. The van der Waals surface area contributed by atoms with Gasteiger partial charge in [-0.05, 0) is 49.0 Å². The molecule has 1 aliphatic heterocycles. The molecule has 226 valence electrons. The number of aryl methyl sites for hydroxylation is 1. The normalized spacial score (nSPS) is 16.1. The van der Waals surface area contributed by atoms with Gasteiger partial charge in [-0.3, -0.25) is 14.5 Å². The van der Waals surface area contributed by atoms with Crippen LogP contribution in [0.5, 0.6) is 17.2 Å². The summed E-state index contributed by atoms with van der Waals surface area (Å²) in [6.45, 7) is 4.20. The van der Waals surface area contributed by atoms with E-state index in [-0.39, 0.29) is 17.4 Å². The molecule has 1 aromatic heterocycles. The van der Waals surface area contributed by atoms with Gasteiger partial charge >= 0.3 is 0 Å². The fourth-order valence-corrected chi connectivity index (χ4v) is 6.17. The first-order chi connectivity index (χ1) is 21.0. The van der Waals surface area contributed by atoms with E-state index in [2.05, 4.69) is 59.3 Å². The lowest BCUT2D eigenvalue weighted by Gasteiger charge is -2.40. The highest BCUT2D eigenvalue weighted by molar-refractivity contribution is 6.00. The standard InChI is InChI=1S/C35H41N3O5/c1-4-5-17-26-29(30-27(42-2)18-12-19-28(30)43-3)33(39)31(34(40)36-26)35(41)38-22-20-37(21-23-38)32(24-13-8-6-9-14-24)25-15-10-7-11-16-25/h6,8-10,12-16,18-19,32H,4-5,7,11,17,20-23H2,1-3H3,(H2,36,39,40). The van der Waals surface area contributed by atoms with Crippen LogP contribution in [-0.2, 0) is 6.42 Å². The second-order valence-electron chi connectivity index (χ2n) is 11.0. The maximum absolute atomic E-state index is 13.9. The number of ether oxygens (including phenoxy) is 2. The number of pyridine rings is 1. The molecule has 1 unspecified atom stereocenters. The van der Waals surface area contributed by atoms with Crippen LogP contribution in [0.4, 0.5) is 0 Å². The number of aromatic hydroxyl groups is 1. The molecule has 2 aromatic carbocycles. The van der Waals surface area contributed by atoms with E-state index in [1.807, 2.05) is 6.07 Å². The molecule has 0 radical (unpaired) electrons. The highest BCUT2D eigenvalue weighted by Crippen LogP contribution is 2.45. The third-order valence-corrected chi connectivity index (χ3v) is 8.36. The number of aromatic amines is 1. The average Bonchev–Trinajstić information content (AvgIpc) is 3.05. The first kappa shape index (κ1) is 30.2. The van der Waals surface area contributed by atoms with E-state index in [0.29, 0.717) is 60.9 Å². The van der Waals surface area contributed by atoms with Crippen LogP contribution in [0.1, 0.15) is 60.3 Å². The summed E-state index contributed by atoms with van der Waals surface area (Å²) < 4.78 is 11.3. The lowest BCUT2D eigenvalue weighted by Crippen LogP contribution is -2.50. The van der Waals surface area contributed by atoms with Gasteiger partial charge in [-0.15, -0.1) is 0 Å². The molecule has 1 fully saturated rings. The van der Waals surface area contributed by atoms with Crippen molar-refractivity contribution in [3.63, 3.8) is 0 Å². The van der Waals surface area contributed by atoms with E-state index >= 15 is 0 Å². The summed E-state index contributed by atoms with van der Waals surface area (Å²) in [5, 5.41) is 11.7. The van der Waals surface area contributed by atoms with E-state index in [0.717, 1.165) is 25.7 Å². The molecule has 1 saturated heterocycles. The Morgan fingerprint density at radius 3 is 2.26 bits per heavy atom. The molecule has 8 heteroatoms. The molecule has 2 N–H and O–H groups in total. The van der Waals surface area contributed by atoms with Crippen molar-refractivity contribution in [2.24, 2.45) is 0 Å². The van der Waals surface area contributed by atoms with Gasteiger partial charge < -0.3 is 24.5 Å². The molecule has 2 aliphatic rings. The van der Waals surface area contributed by atoms with Gasteiger partial charge in [0, 0.05) is 31.9 Å². The lowest BCUT2D eigenvalue weighted by molar-refractivity contribution is 0.0592. The smallest absolute Gasteiger partial charge is 0.264 e. The Hall–Kier alpha value is -4.30. The Morgan fingerprint density at radius 2 is 1.65 bits per heavy atom. The van der Waals surface area contributed by atoms with Crippen LogP contribution in [0.3, 0.4) is 0 Å². The van der Waals surface area contributed by atoms with Crippen LogP contribution in [0.2, 0.25) is 0 Å². The third kappa shape index (κ3) is 6.25. The van der Waals surface area contributed by atoms with E-state index in [1.54, 1.807) is 37.3 Å². The molecular weight excluding hydrogens is 542 g/mol. The van der Waals surface area contributed by atoms with Crippen LogP contribution in [-0.4, -0.2) is 66.2 Å². The maximum Gasteiger partial charge on any atom is 0.264 e. The number of unbranched alkanes of at least 4 members (excludes halogenated alkanes) is 1. The quantitative estimate of drug-likeness (QED) is 0.310. The fourth-order valence-electron chi connectivity index (χ4n) is 6.17. The number of nitrogens with one attached hydrogen (secondary N) is 1. The highest BCUT2D eigenvalue weighted by Gasteiger charge is 2.33. The number of amides is 1. The number of H-pyrrole nitrogens is 1. The average molecular weight is 584 g/mol. The van der Waals surface area contributed by atoms with E-state index in [4.69, 9.17) is 9.47 Å². The minimum Gasteiger partial charge on any atom is -0.506 e. The van der Waals surface area contributed by atoms with Gasteiger partial charge in [-0.1, -0.05) is 68.0 Å². The zero-order valence-electron chi connectivity index (χ0n) is 25.3. The molecule has 0 spiro atoms. The molecule has 1 aliphatic carbocycles. The van der Waals surface area contributed by atoms with Crippen LogP contribution >= 0.6 is 0 Å². The van der Waals surface area contributed by atoms with E-state index in [1.165, 1.54) is 11.1 Å². The summed E-state index contributed by atoms with van der Waals surface area (Å²) in [5.74, 6) is 0.127. The molecule has 3 aromatic rings. The van der Waals surface area contributed by atoms with Crippen molar-refractivity contribution in [1.82, 2.24) is 14.8 Å². The molecule has 0 saturated carbocycles. The summed E-state index contributed by atoms with van der Waals surface area (Å²) in [6, 6.07) is 15.9. The second kappa shape index (κ2) is 13.8. The van der Waals surface area contributed by atoms with E-state index < -0.39 is 11.5 Å². The molecule has 1 atom stereocenters. The van der Waals surface area contributed by atoms with Crippen molar-refractivity contribution in [2.75, 3.05) is 40.4 Å². The minimum absolute atomic E-state index is 0.0919. The van der Waals surface area contributed by atoms with Gasteiger partial charge in [0.05, 0.1) is 31.4 Å². The third-order valence-electron chi connectivity index (χ3n) is 8.36. The summed E-state index contributed by atoms with van der Waals surface area (Å²) in [7, 11) is 3.08. The Labute approximate surface area is 253 Å². The number of piperazine rings is 1. The van der Waals surface area contributed by atoms with Crippen LogP contribution in [0, 0.1) is 0 Å². The number of methoxy groups -OCH3 is 2. The number of hydrogen-bond acceptors (Lipinski definition) is 6. The van der Waals surface area contributed by atoms with Gasteiger partial charge in [0.1, 0.15) is 22.8 Å². The summed E-state index contributed by atoms with van der Waals surface area (Å²) in [6.07, 6.45) is 11.0. The summed E-state index contributed by atoms with van der Waals surface area (Å²) in [5.41, 5.74) is 3.06. The van der Waals surface area contributed by atoms with Crippen molar-refractivity contribution in [2.45, 2.75) is 45.1 Å². The Morgan fingerprint density at radius 1 is 0.953 bits per heavy atom.